The maximum Gasteiger partial charge on any atom is 0.271 e. The number of rotatable bonds is 6. The summed E-state index contributed by atoms with van der Waals surface area (Å²) in [7, 11) is 1.83. The molecule has 2 aromatic carbocycles. The average molecular weight is 403 g/mol. The van der Waals surface area contributed by atoms with Gasteiger partial charge in [0, 0.05) is 31.4 Å². The van der Waals surface area contributed by atoms with Crippen molar-refractivity contribution in [2.24, 2.45) is 7.05 Å². The third-order valence-electron chi connectivity index (χ3n) is 4.91. The van der Waals surface area contributed by atoms with Crippen LogP contribution in [0.1, 0.15) is 24.1 Å². The predicted octanol–water partition coefficient (Wildman–Crippen LogP) is 5.15. The first-order chi connectivity index (χ1) is 14.4. The third kappa shape index (κ3) is 3.93. The molecule has 0 bridgehead atoms. The minimum absolute atomic E-state index is 0.0259. The monoisotopic (exact) mass is 403 g/mol. The Morgan fingerprint density at radius 3 is 2.57 bits per heavy atom. The highest BCUT2D eigenvalue weighted by Crippen LogP contribution is 2.27. The fourth-order valence-corrected chi connectivity index (χ4v) is 3.16. The van der Waals surface area contributed by atoms with Crippen molar-refractivity contribution in [3.63, 3.8) is 0 Å². The van der Waals surface area contributed by atoms with Gasteiger partial charge in [-0.25, -0.2) is 9.97 Å². The molecule has 8 heteroatoms. The molecular weight excluding hydrogens is 382 g/mol. The Balaban J connectivity index is 1.49. The zero-order chi connectivity index (χ0) is 21.3. The van der Waals surface area contributed by atoms with Gasteiger partial charge in [-0.3, -0.25) is 10.1 Å². The number of nitro benzene ring substituents is 1. The van der Waals surface area contributed by atoms with Crippen LogP contribution in [0, 0.1) is 17.0 Å². The highest BCUT2D eigenvalue weighted by atomic mass is 16.6. The lowest BCUT2D eigenvalue weighted by Crippen LogP contribution is -2.10. The van der Waals surface area contributed by atoms with E-state index in [0.29, 0.717) is 28.6 Å². The normalized spacial score (nSPS) is 12.0. The number of ether oxygens (including phenoxy) is 1. The van der Waals surface area contributed by atoms with Crippen LogP contribution in [0.15, 0.2) is 60.8 Å². The number of aromatic nitrogens is 3. The summed E-state index contributed by atoms with van der Waals surface area (Å²) in [5.41, 5.74) is 3.58. The highest BCUT2D eigenvalue weighted by Gasteiger charge is 2.15. The minimum atomic E-state index is -0.405. The van der Waals surface area contributed by atoms with Gasteiger partial charge in [0.25, 0.3) is 5.69 Å². The van der Waals surface area contributed by atoms with E-state index >= 15 is 0 Å². The van der Waals surface area contributed by atoms with Crippen LogP contribution >= 0.6 is 0 Å². The summed E-state index contributed by atoms with van der Waals surface area (Å²) in [5, 5.41) is 14.4. The molecule has 8 nitrogen and oxygen atoms in total. The van der Waals surface area contributed by atoms with Crippen LogP contribution < -0.4 is 10.1 Å². The van der Waals surface area contributed by atoms with Gasteiger partial charge in [0.15, 0.2) is 0 Å². The number of nitrogens with zero attached hydrogens (tertiary/aromatic N) is 4. The molecule has 0 amide bonds. The zero-order valence-corrected chi connectivity index (χ0v) is 16.9. The Kier molecular flexibility index (Phi) is 5.05. The van der Waals surface area contributed by atoms with Crippen LogP contribution in [-0.2, 0) is 7.05 Å². The van der Waals surface area contributed by atoms with Crippen molar-refractivity contribution in [3.8, 4) is 11.6 Å². The maximum absolute atomic E-state index is 11.0. The number of non-ortho nitro benzene ring substituents is 1. The smallest absolute Gasteiger partial charge is 0.271 e. The number of nitrogens with one attached hydrogen (secondary N) is 1. The summed E-state index contributed by atoms with van der Waals surface area (Å²) in [6, 6.07) is 16.2. The lowest BCUT2D eigenvalue weighted by atomic mass is 10.1. The molecule has 0 radical (unpaired) electrons. The average Bonchev–Trinajstić information content (AvgIpc) is 3.05. The number of hydrogen-bond donors (Lipinski definition) is 1. The number of hydrogen-bond acceptors (Lipinski definition) is 6. The molecule has 1 N–H and O–H groups in total. The van der Waals surface area contributed by atoms with Gasteiger partial charge < -0.3 is 14.6 Å². The summed E-state index contributed by atoms with van der Waals surface area (Å²) >= 11 is 0. The van der Waals surface area contributed by atoms with Crippen molar-refractivity contribution < 1.29 is 9.66 Å². The second-order valence-corrected chi connectivity index (χ2v) is 7.14. The van der Waals surface area contributed by atoms with Gasteiger partial charge in [0.1, 0.15) is 5.75 Å². The number of imidazole rings is 1. The Hall–Kier alpha value is -3.94. The van der Waals surface area contributed by atoms with Gasteiger partial charge in [-0.2, -0.15) is 0 Å². The summed E-state index contributed by atoms with van der Waals surface area (Å²) in [4.78, 5) is 19.4. The number of nitro groups is 1. The Morgan fingerprint density at radius 2 is 1.90 bits per heavy atom. The lowest BCUT2D eigenvalue weighted by molar-refractivity contribution is -0.384. The van der Waals surface area contributed by atoms with Crippen LogP contribution in [0.3, 0.4) is 0 Å². The van der Waals surface area contributed by atoms with E-state index in [1.165, 1.54) is 12.1 Å². The molecule has 4 rings (SSSR count). The van der Waals surface area contributed by atoms with Gasteiger partial charge in [0.05, 0.1) is 22.0 Å². The van der Waals surface area contributed by atoms with E-state index in [-0.39, 0.29) is 11.7 Å². The number of anilines is 1. The fourth-order valence-electron chi connectivity index (χ4n) is 3.16. The van der Waals surface area contributed by atoms with Crippen molar-refractivity contribution in [2.45, 2.75) is 19.9 Å². The Labute approximate surface area is 173 Å². The van der Waals surface area contributed by atoms with Crippen LogP contribution in [-0.4, -0.2) is 19.5 Å². The zero-order valence-electron chi connectivity index (χ0n) is 16.9. The second kappa shape index (κ2) is 7.82. The van der Waals surface area contributed by atoms with Gasteiger partial charge in [-0.15, -0.1) is 0 Å². The van der Waals surface area contributed by atoms with Gasteiger partial charge in [-0.05, 0) is 43.2 Å². The quantitative estimate of drug-likeness (QED) is 0.353. The molecular formula is C22H21N5O3. The van der Waals surface area contributed by atoms with E-state index in [4.69, 9.17) is 4.74 Å². The molecule has 2 heterocycles. The lowest BCUT2D eigenvalue weighted by Gasteiger charge is -2.15. The fraction of sp³-hybridized carbons (Fsp3) is 0.182. The summed E-state index contributed by atoms with van der Waals surface area (Å²) in [5.74, 6) is 1.90. The first-order valence-corrected chi connectivity index (χ1v) is 9.48. The molecule has 0 saturated carbocycles. The van der Waals surface area contributed by atoms with E-state index in [0.717, 1.165) is 11.1 Å². The molecule has 4 aromatic rings. The molecule has 0 aliphatic rings. The van der Waals surface area contributed by atoms with E-state index in [2.05, 4.69) is 15.3 Å². The molecule has 0 aliphatic heterocycles. The maximum atomic E-state index is 11.0. The molecule has 2 aromatic heterocycles. The molecule has 1 unspecified atom stereocenters. The van der Waals surface area contributed by atoms with Crippen molar-refractivity contribution in [1.29, 1.82) is 0 Å². The number of fused-ring (bicyclic) bond motifs is 1. The molecule has 0 fully saturated rings. The second-order valence-electron chi connectivity index (χ2n) is 7.14. The summed E-state index contributed by atoms with van der Waals surface area (Å²) in [6.07, 6.45) is 1.77. The number of pyridine rings is 1. The summed E-state index contributed by atoms with van der Waals surface area (Å²) in [6.45, 7) is 4.00. The Bertz CT molecular complexity index is 1200. The number of benzene rings is 2. The van der Waals surface area contributed by atoms with Crippen LogP contribution in [0.4, 0.5) is 11.6 Å². The first kappa shape index (κ1) is 19.4. The molecule has 0 spiro atoms. The molecule has 0 saturated heterocycles. The van der Waals surface area contributed by atoms with E-state index < -0.39 is 4.92 Å². The minimum Gasteiger partial charge on any atom is -0.439 e. The third-order valence-corrected chi connectivity index (χ3v) is 4.91. The largest absolute Gasteiger partial charge is 0.439 e. The van der Waals surface area contributed by atoms with Gasteiger partial charge in [-0.1, -0.05) is 18.2 Å². The highest BCUT2D eigenvalue weighted by molar-refractivity contribution is 5.81. The topological polar surface area (TPSA) is 95.1 Å². The van der Waals surface area contributed by atoms with E-state index in [1.807, 2.05) is 61.9 Å². The predicted molar refractivity (Wildman–Crippen MR) is 115 cm³/mol. The standard InChI is InChI=1S/C22H21N5O3/c1-14-4-11-21(23-13-14)30-18-8-5-16(6-9-18)15(2)24-22-25-19-10-7-17(27(28)29)12-20(19)26(22)3/h4-13,15H,1-3H3,(H,24,25). The van der Waals surface area contributed by atoms with E-state index in [9.17, 15) is 10.1 Å². The number of aryl methyl sites for hydroxylation is 2. The molecule has 0 aliphatic carbocycles. The SMILES string of the molecule is Cc1ccc(Oc2ccc(C(C)Nc3nc4ccc([N+](=O)[O-])cc4n3C)cc2)nc1. The van der Waals surface area contributed by atoms with Crippen LogP contribution in [0.5, 0.6) is 11.6 Å². The van der Waals surface area contributed by atoms with Gasteiger partial charge in [0.2, 0.25) is 11.8 Å². The van der Waals surface area contributed by atoms with E-state index in [1.54, 1.807) is 12.3 Å². The van der Waals surface area contributed by atoms with Gasteiger partial charge >= 0.3 is 0 Å². The van der Waals surface area contributed by atoms with Crippen molar-refractivity contribution in [2.75, 3.05) is 5.32 Å². The summed E-state index contributed by atoms with van der Waals surface area (Å²) < 4.78 is 7.59. The molecule has 30 heavy (non-hydrogen) atoms. The van der Waals surface area contributed by atoms with Crippen molar-refractivity contribution in [3.05, 3.63) is 82.0 Å². The molecule has 1 atom stereocenters. The molecule has 152 valence electrons. The van der Waals surface area contributed by atoms with Crippen molar-refractivity contribution in [1.82, 2.24) is 14.5 Å². The van der Waals surface area contributed by atoms with Crippen molar-refractivity contribution >= 4 is 22.7 Å². The first-order valence-electron chi connectivity index (χ1n) is 9.48. The van der Waals surface area contributed by atoms with Crippen LogP contribution in [0.2, 0.25) is 0 Å². The van der Waals surface area contributed by atoms with Crippen LogP contribution in [0.25, 0.3) is 11.0 Å². The Morgan fingerprint density at radius 1 is 1.13 bits per heavy atom.